The lowest BCUT2D eigenvalue weighted by atomic mass is 10.2. The third-order valence-corrected chi connectivity index (χ3v) is 2.53. The summed E-state index contributed by atoms with van der Waals surface area (Å²) in [5.74, 6) is -0.232. The molecular formula is C13H13FN2O. The zero-order chi connectivity index (χ0) is 12.3. The van der Waals surface area contributed by atoms with E-state index in [1.54, 1.807) is 37.5 Å². The summed E-state index contributed by atoms with van der Waals surface area (Å²) < 4.78 is 14.8. The van der Waals surface area contributed by atoms with E-state index >= 15 is 0 Å². The van der Waals surface area contributed by atoms with Crippen LogP contribution >= 0.6 is 0 Å². The fraction of sp³-hybridized carbons (Fsp3) is 0.154. The summed E-state index contributed by atoms with van der Waals surface area (Å²) in [6.07, 6.45) is 1.68. The first-order valence-electron chi connectivity index (χ1n) is 5.31. The lowest BCUT2D eigenvalue weighted by Crippen LogP contribution is -2.15. The van der Waals surface area contributed by atoms with Crippen molar-refractivity contribution < 1.29 is 4.39 Å². The zero-order valence-electron chi connectivity index (χ0n) is 9.48. The molecule has 1 aromatic carbocycles. The molecule has 0 aliphatic carbocycles. The maximum atomic E-state index is 13.3. The van der Waals surface area contributed by atoms with Crippen LogP contribution in [0.15, 0.2) is 47.4 Å². The van der Waals surface area contributed by atoms with Crippen LogP contribution in [0, 0.1) is 5.82 Å². The van der Waals surface area contributed by atoms with E-state index in [9.17, 15) is 9.18 Å². The SMILES string of the molecule is Cn1cc(NCc2ccccc2F)ccc1=O. The van der Waals surface area contributed by atoms with Crippen molar-refractivity contribution in [2.45, 2.75) is 6.54 Å². The molecule has 88 valence electrons. The molecule has 1 N–H and O–H groups in total. The molecule has 17 heavy (non-hydrogen) atoms. The highest BCUT2D eigenvalue weighted by Gasteiger charge is 2.00. The van der Waals surface area contributed by atoms with E-state index in [4.69, 9.17) is 0 Å². The highest BCUT2D eigenvalue weighted by molar-refractivity contribution is 5.41. The Morgan fingerprint density at radius 2 is 2.00 bits per heavy atom. The number of nitrogens with zero attached hydrogens (tertiary/aromatic N) is 1. The van der Waals surface area contributed by atoms with Crippen molar-refractivity contribution in [2.24, 2.45) is 7.05 Å². The molecule has 0 saturated carbocycles. The van der Waals surface area contributed by atoms with Gasteiger partial charge in [0.15, 0.2) is 0 Å². The normalized spacial score (nSPS) is 10.2. The molecule has 0 saturated heterocycles. The minimum absolute atomic E-state index is 0.0681. The fourth-order valence-corrected chi connectivity index (χ4v) is 1.54. The van der Waals surface area contributed by atoms with Gasteiger partial charge in [0.05, 0.1) is 5.69 Å². The van der Waals surface area contributed by atoms with Crippen molar-refractivity contribution in [2.75, 3.05) is 5.32 Å². The van der Waals surface area contributed by atoms with Crippen LogP contribution < -0.4 is 10.9 Å². The smallest absolute Gasteiger partial charge is 0.250 e. The largest absolute Gasteiger partial charge is 0.380 e. The van der Waals surface area contributed by atoms with Gasteiger partial charge >= 0.3 is 0 Å². The number of anilines is 1. The van der Waals surface area contributed by atoms with Crippen LogP contribution in [-0.4, -0.2) is 4.57 Å². The van der Waals surface area contributed by atoms with Gasteiger partial charge in [0.25, 0.3) is 0 Å². The minimum Gasteiger partial charge on any atom is -0.380 e. The quantitative estimate of drug-likeness (QED) is 0.879. The molecule has 0 radical (unpaired) electrons. The highest BCUT2D eigenvalue weighted by Crippen LogP contribution is 2.09. The van der Waals surface area contributed by atoms with Gasteiger partial charge in [-0.3, -0.25) is 4.79 Å². The number of hydrogen-bond donors (Lipinski definition) is 1. The van der Waals surface area contributed by atoms with Gasteiger partial charge in [-0.15, -0.1) is 0 Å². The van der Waals surface area contributed by atoms with Gasteiger partial charge in [0.1, 0.15) is 5.82 Å². The number of rotatable bonds is 3. The molecule has 0 spiro atoms. The lowest BCUT2D eigenvalue weighted by molar-refractivity contribution is 0.613. The van der Waals surface area contributed by atoms with Gasteiger partial charge in [-0.2, -0.15) is 0 Å². The molecule has 0 bridgehead atoms. The molecule has 1 aromatic heterocycles. The van der Waals surface area contributed by atoms with E-state index < -0.39 is 0 Å². The lowest BCUT2D eigenvalue weighted by Gasteiger charge is -2.08. The van der Waals surface area contributed by atoms with Crippen molar-refractivity contribution in [3.8, 4) is 0 Å². The third-order valence-electron chi connectivity index (χ3n) is 2.53. The predicted octanol–water partition coefficient (Wildman–Crippen LogP) is 2.14. The van der Waals surface area contributed by atoms with Crippen LogP contribution in [0.1, 0.15) is 5.56 Å². The summed E-state index contributed by atoms with van der Waals surface area (Å²) >= 11 is 0. The van der Waals surface area contributed by atoms with Gasteiger partial charge in [-0.25, -0.2) is 4.39 Å². The Hall–Kier alpha value is -2.10. The van der Waals surface area contributed by atoms with Crippen LogP contribution in [-0.2, 0) is 13.6 Å². The summed E-state index contributed by atoms with van der Waals surface area (Å²) in [5, 5.41) is 3.07. The second-order valence-electron chi connectivity index (χ2n) is 3.81. The molecule has 1 heterocycles. The molecule has 3 nitrogen and oxygen atoms in total. The number of nitrogens with one attached hydrogen (secondary N) is 1. The standard InChI is InChI=1S/C13H13FN2O/c1-16-9-11(6-7-13(16)17)15-8-10-4-2-3-5-12(10)14/h2-7,9,15H,8H2,1H3. The number of benzene rings is 1. The Kier molecular flexibility index (Phi) is 3.23. The minimum atomic E-state index is -0.232. The average Bonchev–Trinajstić information content (AvgIpc) is 2.32. The molecule has 0 fully saturated rings. The second kappa shape index (κ2) is 4.82. The Labute approximate surface area is 98.5 Å². The highest BCUT2D eigenvalue weighted by atomic mass is 19.1. The van der Waals surface area contributed by atoms with E-state index in [1.807, 2.05) is 0 Å². The number of halogens is 1. The summed E-state index contributed by atoms with van der Waals surface area (Å²) in [6, 6.07) is 9.76. The first-order valence-corrected chi connectivity index (χ1v) is 5.31. The van der Waals surface area contributed by atoms with Gasteiger partial charge in [0, 0.05) is 31.4 Å². The second-order valence-corrected chi connectivity index (χ2v) is 3.81. The summed E-state index contributed by atoms with van der Waals surface area (Å²) in [6.45, 7) is 0.394. The van der Waals surface area contributed by atoms with Crippen LogP contribution in [0.3, 0.4) is 0 Å². The number of hydrogen-bond acceptors (Lipinski definition) is 2. The topological polar surface area (TPSA) is 34.0 Å². The van der Waals surface area contributed by atoms with Gasteiger partial charge < -0.3 is 9.88 Å². The molecule has 2 aromatic rings. The van der Waals surface area contributed by atoms with Crippen LogP contribution in [0.2, 0.25) is 0 Å². The zero-order valence-corrected chi connectivity index (χ0v) is 9.48. The van der Waals surface area contributed by atoms with E-state index in [0.29, 0.717) is 12.1 Å². The van der Waals surface area contributed by atoms with Crippen molar-refractivity contribution in [1.29, 1.82) is 0 Å². The Morgan fingerprint density at radius 3 is 2.71 bits per heavy atom. The predicted molar refractivity (Wildman–Crippen MR) is 65.4 cm³/mol. The fourth-order valence-electron chi connectivity index (χ4n) is 1.54. The average molecular weight is 232 g/mol. The van der Waals surface area contributed by atoms with E-state index in [2.05, 4.69) is 5.32 Å². The number of aromatic nitrogens is 1. The molecule has 0 aliphatic heterocycles. The van der Waals surface area contributed by atoms with Gasteiger partial charge in [0.2, 0.25) is 5.56 Å². The molecular weight excluding hydrogens is 219 g/mol. The van der Waals surface area contributed by atoms with Crippen molar-refractivity contribution >= 4 is 5.69 Å². The van der Waals surface area contributed by atoms with Gasteiger partial charge in [-0.1, -0.05) is 18.2 Å². The van der Waals surface area contributed by atoms with Crippen molar-refractivity contribution in [3.05, 3.63) is 64.3 Å². The maximum absolute atomic E-state index is 13.3. The van der Waals surface area contributed by atoms with Gasteiger partial charge in [-0.05, 0) is 12.1 Å². The van der Waals surface area contributed by atoms with Crippen molar-refractivity contribution in [3.63, 3.8) is 0 Å². The van der Waals surface area contributed by atoms with Crippen LogP contribution in [0.25, 0.3) is 0 Å². The maximum Gasteiger partial charge on any atom is 0.250 e. The Balaban J connectivity index is 2.10. The third kappa shape index (κ3) is 2.72. The first kappa shape index (κ1) is 11.4. The van der Waals surface area contributed by atoms with E-state index in [-0.39, 0.29) is 11.4 Å². The van der Waals surface area contributed by atoms with E-state index in [1.165, 1.54) is 16.7 Å². The summed E-state index contributed by atoms with van der Waals surface area (Å²) in [4.78, 5) is 11.2. The Morgan fingerprint density at radius 1 is 1.24 bits per heavy atom. The molecule has 0 unspecified atom stereocenters. The molecule has 0 atom stereocenters. The molecule has 4 heteroatoms. The first-order chi connectivity index (χ1) is 8.16. The monoisotopic (exact) mass is 232 g/mol. The molecule has 0 amide bonds. The van der Waals surface area contributed by atoms with Crippen LogP contribution in [0.5, 0.6) is 0 Å². The van der Waals surface area contributed by atoms with Crippen molar-refractivity contribution in [1.82, 2.24) is 4.57 Å². The molecule has 0 aliphatic rings. The molecule has 2 rings (SSSR count). The number of pyridine rings is 1. The Bertz CT molecular complexity index is 578. The summed E-state index contributed by atoms with van der Waals surface area (Å²) in [7, 11) is 1.68. The van der Waals surface area contributed by atoms with E-state index in [0.717, 1.165) is 5.69 Å². The summed E-state index contributed by atoms with van der Waals surface area (Å²) in [5.41, 5.74) is 1.32. The van der Waals surface area contributed by atoms with Crippen LogP contribution in [0.4, 0.5) is 10.1 Å². The number of aryl methyl sites for hydroxylation is 1.